The van der Waals surface area contributed by atoms with Crippen LogP contribution in [0.1, 0.15) is 33.1 Å². The Morgan fingerprint density at radius 1 is 0.867 bits per heavy atom. The molecule has 0 aromatic rings. The highest BCUT2D eigenvalue weighted by molar-refractivity contribution is 5.63. The fourth-order valence-corrected chi connectivity index (χ4v) is 0.465. The fourth-order valence-electron chi connectivity index (χ4n) is 0.465. The van der Waals surface area contributed by atoms with Gasteiger partial charge in [0.2, 0.25) is 0 Å². The van der Waals surface area contributed by atoms with E-state index in [0.29, 0.717) is 0 Å². The Bertz CT molecular complexity index is 127. The lowest BCUT2D eigenvalue weighted by Crippen LogP contribution is -2.02. The van der Waals surface area contributed by atoms with E-state index >= 15 is 0 Å². The molecule has 0 amide bonds. The van der Waals surface area contributed by atoms with Crippen LogP contribution in [0.5, 0.6) is 0 Å². The second-order valence-electron chi connectivity index (χ2n) is 2.68. The van der Waals surface area contributed by atoms with Crippen molar-refractivity contribution in [1.29, 1.82) is 0 Å². The Morgan fingerprint density at radius 3 is 1.20 bits per heavy atom. The van der Waals surface area contributed by atoms with Crippen molar-refractivity contribution in [2.24, 2.45) is 11.5 Å². The number of unbranched alkanes of at least 4 members (excludes halogenated alkanes) is 2. The summed E-state index contributed by atoms with van der Waals surface area (Å²) in [6.07, 6.45) is 3.43. The minimum atomic E-state index is -0.833. The highest BCUT2D eigenvalue weighted by atomic mass is 16.4. The predicted molar refractivity (Wildman–Crippen MR) is 58.6 cm³/mol. The quantitative estimate of drug-likeness (QED) is 0.505. The summed E-state index contributed by atoms with van der Waals surface area (Å²) in [7, 11) is 0. The van der Waals surface area contributed by atoms with Crippen LogP contribution < -0.4 is 11.5 Å². The zero-order valence-electron chi connectivity index (χ0n) is 9.40. The molecule has 0 saturated heterocycles. The van der Waals surface area contributed by atoms with Gasteiger partial charge in [0, 0.05) is 13.8 Å². The van der Waals surface area contributed by atoms with Crippen LogP contribution in [0.2, 0.25) is 0 Å². The van der Waals surface area contributed by atoms with Crippen LogP contribution in [0.25, 0.3) is 0 Å². The first-order chi connectivity index (χ1) is 6.88. The largest absolute Gasteiger partial charge is 0.481 e. The van der Waals surface area contributed by atoms with Crippen LogP contribution in [0.15, 0.2) is 0 Å². The van der Waals surface area contributed by atoms with E-state index in [1.165, 1.54) is 6.42 Å². The molecule has 6 N–H and O–H groups in total. The van der Waals surface area contributed by atoms with Crippen molar-refractivity contribution in [3.63, 3.8) is 0 Å². The normalized spacial score (nSPS) is 7.73. The van der Waals surface area contributed by atoms with Gasteiger partial charge in [-0.05, 0) is 25.9 Å². The first-order valence-electron chi connectivity index (χ1n) is 4.67. The van der Waals surface area contributed by atoms with Gasteiger partial charge in [-0.2, -0.15) is 0 Å². The maximum Gasteiger partial charge on any atom is 0.300 e. The van der Waals surface area contributed by atoms with Crippen LogP contribution in [0.3, 0.4) is 0 Å². The van der Waals surface area contributed by atoms with E-state index in [0.717, 1.165) is 39.8 Å². The van der Waals surface area contributed by atoms with Gasteiger partial charge in [0.15, 0.2) is 0 Å². The van der Waals surface area contributed by atoms with Gasteiger partial charge in [-0.1, -0.05) is 6.42 Å². The van der Waals surface area contributed by atoms with Gasteiger partial charge >= 0.3 is 0 Å². The van der Waals surface area contributed by atoms with Crippen molar-refractivity contribution < 1.29 is 19.8 Å². The number of carboxylic acids is 2. The summed E-state index contributed by atoms with van der Waals surface area (Å²) < 4.78 is 0. The number of aliphatic carboxylic acids is 2. The van der Waals surface area contributed by atoms with E-state index in [4.69, 9.17) is 31.3 Å². The number of hydrogen-bond donors (Lipinski definition) is 4. The predicted octanol–water partition coefficient (Wildman–Crippen LogP) is 0.256. The molecule has 0 fully saturated rings. The van der Waals surface area contributed by atoms with Crippen molar-refractivity contribution in [3.8, 4) is 0 Å². The van der Waals surface area contributed by atoms with Gasteiger partial charge in [-0.25, -0.2) is 0 Å². The summed E-state index contributed by atoms with van der Waals surface area (Å²) in [5, 5.41) is 14.8. The van der Waals surface area contributed by atoms with Crippen molar-refractivity contribution in [2.45, 2.75) is 33.1 Å². The first-order valence-corrected chi connectivity index (χ1v) is 4.67. The molecule has 0 aliphatic carbocycles. The monoisotopic (exact) mass is 222 g/mol. The van der Waals surface area contributed by atoms with E-state index in [9.17, 15) is 0 Å². The fraction of sp³-hybridized carbons (Fsp3) is 0.778. The van der Waals surface area contributed by atoms with Gasteiger partial charge in [0.25, 0.3) is 11.9 Å². The maximum atomic E-state index is 9.00. The topological polar surface area (TPSA) is 127 Å². The molecule has 0 radical (unpaired) electrons. The Balaban J connectivity index is -0.000000155. The minimum absolute atomic E-state index is 0.806. The highest BCUT2D eigenvalue weighted by Gasteiger charge is 1.80. The molecule has 0 saturated carbocycles. The summed E-state index contributed by atoms with van der Waals surface area (Å²) in [5.74, 6) is -1.67. The van der Waals surface area contributed by atoms with E-state index in [1.54, 1.807) is 0 Å². The molecule has 15 heavy (non-hydrogen) atoms. The molecule has 92 valence electrons. The Hall–Kier alpha value is -1.14. The zero-order valence-corrected chi connectivity index (χ0v) is 9.40. The van der Waals surface area contributed by atoms with E-state index in [2.05, 4.69) is 0 Å². The van der Waals surface area contributed by atoms with Crippen LogP contribution in [0.4, 0.5) is 0 Å². The number of carbonyl (C=O) groups is 2. The first kappa shape index (κ1) is 19.4. The van der Waals surface area contributed by atoms with Crippen LogP contribution in [-0.2, 0) is 9.59 Å². The van der Waals surface area contributed by atoms with Gasteiger partial charge in [-0.15, -0.1) is 0 Å². The number of hydrogen-bond acceptors (Lipinski definition) is 4. The van der Waals surface area contributed by atoms with Crippen molar-refractivity contribution >= 4 is 11.9 Å². The molecule has 0 spiro atoms. The third-order valence-corrected chi connectivity index (χ3v) is 0.908. The van der Waals surface area contributed by atoms with Crippen molar-refractivity contribution in [2.75, 3.05) is 13.1 Å². The van der Waals surface area contributed by atoms with Crippen molar-refractivity contribution in [3.05, 3.63) is 0 Å². The molecule has 0 heterocycles. The lowest BCUT2D eigenvalue weighted by molar-refractivity contribution is -0.135. The third kappa shape index (κ3) is 185. The van der Waals surface area contributed by atoms with Gasteiger partial charge in [-0.3, -0.25) is 9.59 Å². The van der Waals surface area contributed by atoms with Crippen LogP contribution in [0, 0.1) is 0 Å². The average molecular weight is 222 g/mol. The highest BCUT2D eigenvalue weighted by Crippen LogP contribution is 1.88. The molecule has 0 rings (SSSR count). The molecule has 0 atom stereocenters. The van der Waals surface area contributed by atoms with E-state index in [1.807, 2.05) is 0 Å². The minimum Gasteiger partial charge on any atom is -0.481 e. The molecule has 0 unspecified atom stereocenters. The van der Waals surface area contributed by atoms with Gasteiger partial charge in [0.1, 0.15) is 0 Å². The molecule has 6 heteroatoms. The third-order valence-electron chi connectivity index (χ3n) is 0.908. The molecule has 0 aromatic heterocycles. The molecule has 0 bridgehead atoms. The molecular weight excluding hydrogens is 200 g/mol. The molecule has 0 aliphatic rings. The number of nitrogens with two attached hydrogens (primary N) is 2. The molecule has 0 aromatic carbocycles. The van der Waals surface area contributed by atoms with E-state index in [-0.39, 0.29) is 0 Å². The maximum absolute atomic E-state index is 9.00. The summed E-state index contributed by atoms with van der Waals surface area (Å²) in [6.45, 7) is 3.78. The lowest BCUT2D eigenvalue weighted by atomic mass is 10.2. The Labute approximate surface area is 90.3 Å². The Morgan fingerprint density at radius 2 is 1.07 bits per heavy atom. The standard InChI is InChI=1S/C5H14N2.2C2H4O2/c6-4-2-1-3-5-7;2*1-2(3)4/h1-7H2;2*1H3,(H,3,4). The summed E-state index contributed by atoms with van der Waals surface area (Å²) >= 11 is 0. The SMILES string of the molecule is CC(=O)O.CC(=O)O.NCCCCCN. The zero-order chi connectivity index (χ0) is 12.7. The number of carboxylic acid groups (broad SMARTS) is 2. The van der Waals surface area contributed by atoms with Gasteiger partial charge in [0.05, 0.1) is 0 Å². The molecule has 0 aliphatic heterocycles. The summed E-state index contributed by atoms with van der Waals surface area (Å²) in [5.41, 5.74) is 10.5. The van der Waals surface area contributed by atoms with Crippen LogP contribution >= 0.6 is 0 Å². The lowest BCUT2D eigenvalue weighted by Gasteiger charge is -1.91. The van der Waals surface area contributed by atoms with E-state index < -0.39 is 11.9 Å². The van der Waals surface area contributed by atoms with Crippen LogP contribution in [-0.4, -0.2) is 35.2 Å². The molecule has 6 nitrogen and oxygen atoms in total. The second-order valence-corrected chi connectivity index (χ2v) is 2.68. The summed E-state index contributed by atoms with van der Waals surface area (Å²) in [6, 6.07) is 0. The average Bonchev–Trinajstić information content (AvgIpc) is 2.03. The smallest absolute Gasteiger partial charge is 0.300 e. The van der Waals surface area contributed by atoms with Crippen molar-refractivity contribution in [1.82, 2.24) is 0 Å². The number of rotatable bonds is 4. The van der Waals surface area contributed by atoms with Gasteiger partial charge < -0.3 is 21.7 Å². The Kier molecular flexibility index (Phi) is 24.1. The summed E-state index contributed by atoms with van der Waals surface area (Å²) in [4.78, 5) is 18.0. The second kappa shape index (κ2) is 18.6. The molecular formula is C9H22N2O4.